The van der Waals surface area contributed by atoms with Crippen LogP contribution >= 0.6 is 0 Å². The molecule has 0 amide bonds. The highest BCUT2D eigenvalue weighted by atomic mass is 16.3. The number of unbranched alkanes of at least 4 members (excludes halogenated alkanes) is 2. The zero-order valence-corrected chi connectivity index (χ0v) is 12.8. The summed E-state index contributed by atoms with van der Waals surface area (Å²) in [5.41, 5.74) is 0.532. The molecular formula is C17H32O3. The van der Waals surface area contributed by atoms with Crippen molar-refractivity contribution in [1.82, 2.24) is 0 Å². The molecule has 2 rings (SSSR count). The summed E-state index contributed by atoms with van der Waals surface area (Å²) in [6.45, 7) is 0.692. The second-order valence-corrected chi connectivity index (χ2v) is 7.46. The third-order valence-electron chi connectivity index (χ3n) is 5.57. The Hall–Kier alpha value is -0.120. The van der Waals surface area contributed by atoms with E-state index in [0.717, 1.165) is 32.1 Å². The van der Waals surface area contributed by atoms with Gasteiger partial charge >= 0.3 is 0 Å². The predicted octanol–water partition coefficient (Wildman–Crippen LogP) is 3.01. The number of rotatable bonds is 12. The van der Waals surface area contributed by atoms with Gasteiger partial charge in [0.05, 0.1) is 6.10 Å². The van der Waals surface area contributed by atoms with Crippen LogP contribution in [0.4, 0.5) is 0 Å². The zero-order valence-electron chi connectivity index (χ0n) is 12.8. The Morgan fingerprint density at radius 1 is 0.700 bits per heavy atom. The van der Waals surface area contributed by atoms with E-state index >= 15 is 0 Å². The molecule has 0 aromatic heterocycles. The average Bonchev–Trinajstić information content (AvgIpc) is 3.35. The third-order valence-corrected chi connectivity index (χ3v) is 5.57. The first-order valence-corrected chi connectivity index (χ1v) is 8.54. The molecule has 2 aliphatic carbocycles. The van der Waals surface area contributed by atoms with Crippen molar-refractivity contribution in [1.29, 1.82) is 0 Å². The fourth-order valence-electron chi connectivity index (χ4n) is 3.24. The number of aliphatic hydroxyl groups excluding tert-OH is 3. The minimum absolute atomic E-state index is 0.155. The molecule has 20 heavy (non-hydrogen) atoms. The molecule has 2 aliphatic rings. The summed E-state index contributed by atoms with van der Waals surface area (Å²) in [5, 5.41) is 28.4. The van der Waals surface area contributed by atoms with Crippen LogP contribution < -0.4 is 0 Å². The lowest BCUT2D eigenvalue weighted by molar-refractivity contribution is 0.137. The van der Waals surface area contributed by atoms with Crippen LogP contribution in [0, 0.1) is 10.8 Å². The maximum Gasteiger partial charge on any atom is 0.0540 e. The van der Waals surface area contributed by atoms with Gasteiger partial charge < -0.3 is 15.3 Å². The van der Waals surface area contributed by atoms with Gasteiger partial charge in [-0.3, -0.25) is 0 Å². The van der Waals surface area contributed by atoms with Crippen molar-refractivity contribution < 1.29 is 15.3 Å². The number of aliphatic hydroxyl groups is 3. The van der Waals surface area contributed by atoms with Gasteiger partial charge in [-0.1, -0.05) is 25.7 Å². The van der Waals surface area contributed by atoms with E-state index in [4.69, 9.17) is 0 Å². The maximum absolute atomic E-state index is 9.95. The average molecular weight is 284 g/mol. The van der Waals surface area contributed by atoms with Gasteiger partial charge in [0.2, 0.25) is 0 Å². The molecule has 0 spiro atoms. The summed E-state index contributed by atoms with van der Waals surface area (Å²) in [6.07, 6.45) is 13.2. The first kappa shape index (κ1) is 16.3. The van der Waals surface area contributed by atoms with Gasteiger partial charge in [0.25, 0.3) is 0 Å². The smallest absolute Gasteiger partial charge is 0.0540 e. The van der Waals surface area contributed by atoms with Crippen molar-refractivity contribution in [2.75, 3.05) is 13.2 Å². The van der Waals surface area contributed by atoms with E-state index in [1.807, 2.05) is 0 Å². The quantitative estimate of drug-likeness (QED) is 0.483. The van der Waals surface area contributed by atoms with Crippen LogP contribution in [0.15, 0.2) is 0 Å². The van der Waals surface area contributed by atoms with Crippen LogP contribution in [0.2, 0.25) is 0 Å². The van der Waals surface area contributed by atoms with Gasteiger partial charge in [0, 0.05) is 13.2 Å². The van der Waals surface area contributed by atoms with Crippen molar-refractivity contribution >= 4 is 0 Å². The molecule has 0 heterocycles. The molecule has 0 aromatic carbocycles. The van der Waals surface area contributed by atoms with Gasteiger partial charge in [-0.15, -0.1) is 0 Å². The minimum Gasteiger partial charge on any atom is -0.396 e. The van der Waals surface area contributed by atoms with Crippen molar-refractivity contribution in [2.45, 2.75) is 83.2 Å². The van der Waals surface area contributed by atoms with Crippen LogP contribution in [0.25, 0.3) is 0 Å². The van der Waals surface area contributed by atoms with Gasteiger partial charge in [0.1, 0.15) is 0 Å². The van der Waals surface area contributed by atoms with E-state index < -0.39 is 0 Å². The van der Waals surface area contributed by atoms with E-state index in [0.29, 0.717) is 18.6 Å². The van der Waals surface area contributed by atoms with E-state index in [1.54, 1.807) is 0 Å². The largest absolute Gasteiger partial charge is 0.396 e. The topological polar surface area (TPSA) is 60.7 Å². The fraction of sp³-hybridized carbons (Fsp3) is 1.00. The van der Waals surface area contributed by atoms with Crippen molar-refractivity contribution in [3.63, 3.8) is 0 Å². The molecule has 0 saturated heterocycles. The van der Waals surface area contributed by atoms with Crippen molar-refractivity contribution in [3.05, 3.63) is 0 Å². The Morgan fingerprint density at radius 3 is 1.70 bits per heavy atom. The van der Waals surface area contributed by atoms with Crippen LogP contribution in [-0.2, 0) is 0 Å². The molecule has 3 nitrogen and oxygen atoms in total. The van der Waals surface area contributed by atoms with E-state index in [-0.39, 0.29) is 11.5 Å². The molecule has 2 saturated carbocycles. The summed E-state index contributed by atoms with van der Waals surface area (Å²) in [6, 6.07) is 0. The maximum atomic E-state index is 9.95. The summed E-state index contributed by atoms with van der Waals surface area (Å²) < 4.78 is 0. The molecule has 3 N–H and O–H groups in total. The third kappa shape index (κ3) is 5.01. The summed E-state index contributed by atoms with van der Waals surface area (Å²) >= 11 is 0. The molecule has 0 radical (unpaired) electrons. The van der Waals surface area contributed by atoms with Crippen LogP contribution in [0.5, 0.6) is 0 Å². The van der Waals surface area contributed by atoms with Crippen molar-refractivity contribution in [3.8, 4) is 0 Å². The van der Waals surface area contributed by atoms with Crippen LogP contribution in [0.3, 0.4) is 0 Å². The summed E-state index contributed by atoms with van der Waals surface area (Å²) in [7, 11) is 0. The molecule has 0 aliphatic heterocycles. The first-order chi connectivity index (χ1) is 9.64. The number of hydrogen-bond donors (Lipinski definition) is 3. The minimum atomic E-state index is -0.155. The molecule has 0 aromatic rings. The molecule has 1 atom stereocenters. The van der Waals surface area contributed by atoms with Gasteiger partial charge in [-0.25, -0.2) is 0 Å². The Balaban J connectivity index is 1.41. The molecule has 118 valence electrons. The molecule has 2 fully saturated rings. The Labute approximate surface area is 123 Å². The first-order valence-electron chi connectivity index (χ1n) is 8.54. The normalized spacial score (nSPS) is 23.6. The van der Waals surface area contributed by atoms with E-state index in [1.165, 1.54) is 44.9 Å². The van der Waals surface area contributed by atoms with E-state index in [2.05, 4.69) is 0 Å². The fourth-order valence-corrected chi connectivity index (χ4v) is 3.24. The summed E-state index contributed by atoms with van der Waals surface area (Å²) in [4.78, 5) is 0. The molecule has 1 unspecified atom stereocenters. The van der Waals surface area contributed by atoms with Crippen LogP contribution in [0.1, 0.15) is 77.0 Å². The Morgan fingerprint density at radius 2 is 1.20 bits per heavy atom. The van der Waals surface area contributed by atoms with Gasteiger partial charge in [-0.2, -0.15) is 0 Å². The molecule has 3 heteroatoms. The second kappa shape index (κ2) is 7.24. The molecule has 0 bridgehead atoms. The molecular weight excluding hydrogens is 252 g/mol. The predicted molar refractivity (Wildman–Crippen MR) is 80.4 cm³/mol. The highest BCUT2D eigenvalue weighted by molar-refractivity contribution is 4.92. The Bertz CT molecular complexity index is 282. The van der Waals surface area contributed by atoms with Gasteiger partial charge in [0.15, 0.2) is 0 Å². The standard InChI is InChI=1S/C17H32O3/c18-13-16(9-10-16)7-3-1-2-5-15(20)6-4-8-17(14-19)11-12-17/h15,18-20H,1-14H2. The lowest BCUT2D eigenvalue weighted by Crippen LogP contribution is -2.10. The highest BCUT2D eigenvalue weighted by Gasteiger charge is 2.41. The lowest BCUT2D eigenvalue weighted by Gasteiger charge is -2.14. The SMILES string of the molecule is OCC1(CCCCCC(O)CCCC2(CO)CC2)CC1. The van der Waals surface area contributed by atoms with E-state index in [9.17, 15) is 15.3 Å². The number of hydrogen-bond acceptors (Lipinski definition) is 3. The Kier molecular flexibility index (Phi) is 5.88. The van der Waals surface area contributed by atoms with Crippen LogP contribution in [-0.4, -0.2) is 34.6 Å². The second-order valence-electron chi connectivity index (χ2n) is 7.46. The highest BCUT2D eigenvalue weighted by Crippen LogP contribution is 2.50. The lowest BCUT2D eigenvalue weighted by atomic mass is 9.96. The van der Waals surface area contributed by atoms with Crippen molar-refractivity contribution in [2.24, 2.45) is 10.8 Å². The zero-order chi connectivity index (χ0) is 14.5. The van der Waals surface area contributed by atoms with Gasteiger partial charge in [-0.05, 0) is 62.2 Å². The monoisotopic (exact) mass is 284 g/mol. The summed E-state index contributed by atoms with van der Waals surface area (Å²) in [5.74, 6) is 0.